The molecule has 0 saturated heterocycles. The maximum atomic E-state index is 9.80. The van der Waals surface area contributed by atoms with Gasteiger partial charge >= 0.3 is 0 Å². The normalized spacial score (nSPS) is 10.5. The predicted molar refractivity (Wildman–Crippen MR) is 72.0 cm³/mol. The van der Waals surface area contributed by atoms with Crippen LogP contribution in [0.1, 0.15) is 16.0 Å². The third-order valence-corrected chi connectivity index (χ3v) is 3.71. The van der Waals surface area contributed by atoms with E-state index >= 15 is 0 Å². The van der Waals surface area contributed by atoms with E-state index in [1.165, 1.54) is 11.3 Å². The molecular weight excluding hydrogens is 256 g/mol. The highest BCUT2D eigenvalue weighted by Crippen LogP contribution is 2.28. The van der Waals surface area contributed by atoms with Gasteiger partial charge in [-0.25, -0.2) is 4.98 Å². The Morgan fingerprint density at radius 2 is 2.06 bits per heavy atom. The number of thiazole rings is 1. The number of hydrogen-bond acceptors (Lipinski definition) is 4. The summed E-state index contributed by atoms with van der Waals surface area (Å²) in [5, 5.41) is 13.0. The number of phenolic OH excluding ortho intramolecular Hbond substituents is 1. The average molecular weight is 269 g/mol. The molecule has 2 aromatic rings. The van der Waals surface area contributed by atoms with Crippen LogP contribution >= 0.6 is 22.9 Å². The van der Waals surface area contributed by atoms with Crippen LogP contribution in [0.5, 0.6) is 5.75 Å². The number of benzene rings is 1. The number of aromatic nitrogens is 1. The first-order chi connectivity index (χ1) is 8.06. The third kappa shape index (κ3) is 2.90. The number of hydrogen-bond donors (Lipinski definition) is 2. The minimum absolute atomic E-state index is 0.267. The molecule has 0 bridgehead atoms. The number of phenols is 1. The van der Waals surface area contributed by atoms with Gasteiger partial charge in [-0.1, -0.05) is 11.6 Å². The molecule has 1 heterocycles. The van der Waals surface area contributed by atoms with Gasteiger partial charge in [-0.2, -0.15) is 0 Å². The molecule has 1 aromatic heterocycles. The zero-order valence-electron chi connectivity index (χ0n) is 9.62. The van der Waals surface area contributed by atoms with Gasteiger partial charge in [-0.05, 0) is 37.1 Å². The van der Waals surface area contributed by atoms with E-state index in [9.17, 15) is 5.11 Å². The maximum absolute atomic E-state index is 9.80. The number of aryl methyl sites for hydroxylation is 2. The van der Waals surface area contributed by atoms with E-state index in [-0.39, 0.29) is 5.75 Å². The van der Waals surface area contributed by atoms with Crippen molar-refractivity contribution < 1.29 is 5.11 Å². The summed E-state index contributed by atoms with van der Waals surface area (Å²) in [5.41, 5.74) is 2.96. The minimum atomic E-state index is 0.267. The first kappa shape index (κ1) is 12.2. The first-order valence-corrected chi connectivity index (χ1v) is 6.40. The van der Waals surface area contributed by atoms with Crippen LogP contribution in [-0.2, 0) is 6.54 Å². The van der Waals surface area contributed by atoms with Gasteiger partial charge in [0.05, 0.1) is 12.2 Å². The van der Waals surface area contributed by atoms with E-state index in [1.54, 1.807) is 12.3 Å². The Kier molecular flexibility index (Phi) is 3.54. The van der Waals surface area contributed by atoms with Crippen molar-refractivity contribution in [3.05, 3.63) is 38.8 Å². The topological polar surface area (TPSA) is 45.1 Å². The quantitative estimate of drug-likeness (QED) is 0.834. The van der Waals surface area contributed by atoms with Crippen LogP contribution < -0.4 is 5.32 Å². The van der Waals surface area contributed by atoms with Crippen LogP contribution in [0.4, 0.5) is 5.69 Å². The van der Waals surface area contributed by atoms with Gasteiger partial charge in [-0.15, -0.1) is 11.3 Å². The van der Waals surface area contributed by atoms with Gasteiger partial charge in [0.1, 0.15) is 5.75 Å². The molecule has 0 saturated carbocycles. The van der Waals surface area contributed by atoms with Gasteiger partial charge in [-0.3, -0.25) is 0 Å². The molecule has 90 valence electrons. The lowest BCUT2D eigenvalue weighted by Gasteiger charge is -2.10. The van der Waals surface area contributed by atoms with Gasteiger partial charge in [0.2, 0.25) is 0 Å². The van der Waals surface area contributed by atoms with Crippen molar-refractivity contribution in [2.75, 3.05) is 5.32 Å². The van der Waals surface area contributed by atoms with Crippen LogP contribution in [0, 0.1) is 13.8 Å². The average Bonchev–Trinajstić information content (AvgIpc) is 2.68. The van der Waals surface area contributed by atoms with Gasteiger partial charge < -0.3 is 10.4 Å². The van der Waals surface area contributed by atoms with Crippen molar-refractivity contribution in [2.24, 2.45) is 0 Å². The summed E-state index contributed by atoms with van der Waals surface area (Å²) >= 11 is 7.18. The molecule has 0 unspecified atom stereocenters. The highest BCUT2D eigenvalue weighted by atomic mass is 35.5. The lowest BCUT2D eigenvalue weighted by atomic mass is 10.1. The predicted octanol–water partition coefficient (Wildman–Crippen LogP) is 3.73. The van der Waals surface area contributed by atoms with Crippen LogP contribution in [0.15, 0.2) is 18.3 Å². The Morgan fingerprint density at radius 3 is 2.71 bits per heavy atom. The zero-order chi connectivity index (χ0) is 12.4. The fourth-order valence-electron chi connectivity index (χ4n) is 1.49. The Hall–Kier alpha value is -1.26. The van der Waals surface area contributed by atoms with Crippen molar-refractivity contribution in [3.8, 4) is 5.75 Å². The lowest BCUT2D eigenvalue weighted by Crippen LogP contribution is -1.98. The number of nitrogens with zero attached hydrogens (tertiary/aromatic N) is 1. The maximum Gasteiger partial charge on any atom is 0.183 e. The fourth-order valence-corrected chi connectivity index (χ4v) is 2.41. The second-order valence-electron chi connectivity index (χ2n) is 3.89. The third-order valence-electron chi connectivity index (χ3n) is 2.59. The summed E-state index contributed by atoms with van der Waals surface area (Å²) in [6.45, 7) is 4.60. The second kappa shape index (κ2) is 4.94. The van der Waals surface area contributed by atoms with E-state index in [1.807, 2.05) is 19.9 Å². The molecule has 0 spiro atoms. The van der Waals surface area contributed by atoms with Gasteiger partial charge in [0, 0.05) is 11.1 Å². The summed E-state index contributed by atoms with van der Waals surface area (Å²) in [4.78, 5) is 5.00. The van der Waals surface area contributed by atoms with Crippen molar-refractivity contribution in [1.82, 2.24) is 4.98 Å². The first-order valence-electron chi connectivity index (χ1n) is 5.20. The van der Waals surface area contributed by atoms with Crippen LogP contribution in [0.2, 0.25) is 4.47 Å². The number of nitrogens with one attached hydrogen (secondary N) is 1. The van der Waals surface area contributed by atoms with Crippen LogP contribution in [0.25, 0.3) is 0 Å². The largest absolute Gasteiger partial charge is 0.506 e. The number of halogens is 1. The molecule has 2 N–H and O–H groups in total. The van der Waals surface area contributed by atoms with E-state index in [0.29, 0.717) is 11.0 Å². The molecule has 0 aliphatic rings. The molecule has 0 fully saturated rings. The lowest BCUT2D eigenvalue weighted by molar-refractivity contribution is 0.476. The van der Waals surface area contributed by atoms with Gasteiger partial charge in [0.15, 0.2) is 4.47 Å². The standard InChI is InChI=1S/C12H13ClN2OS/c1-7-3-10(11(16)4-8(7)2)14-5-9-6-15-12(13)17-9/h3-4,6,14,16H,5H2,1-2H3. The summed E-state index contributed by atoms with van der Waals surface area (Å²) in [6, 6.07) is 3.70. The second-order valence-corrected chi connectivity index (χ2v) is 5.58. The van der Waals surface area contributed by atoms with E-state index in [4.69, 9.17) is 11.6 Å². The molecular formula is C12H13ClN2OS. The molecule has 0 radical (unpaired) electrons. The van der Waals surface area contributed by atoms with Crippen molar-refractivity contribution in [2.45, 2.75) is 20.4 Å². The fraction of sp³-hybridized carbons (Fsp3) is 0.250. The SMILES string of the molecule is Cc1cc(O)c(NCc2cnc(Cl)s2)cc1C. The zero-order valence-corrected chi connectivity index (χ0v) is 11.2. The monoisotopic (exact) mass is 268 g/mol. The molecule has 5 heteroatoms. The molecule has 0 aliphatic heterocycles. The van der Waals surface area contributed by atoms with Crippen LogP contribution in [0.3, 0.4) is 0 Å². The van der Waals surface area contributed by atoms with Gasteiger partial charge in [0.25, 0.3) is 0 Å². The Balaban J connectivity index is 2.11. The minimum Gasteiger partial charge on any atom is -0.506 e. The van der Waals surface area contributed by atoms with Crippen molar-refractivity contribution in [3.63, 3.8) is 0 Å². The summed E-state index contributed by atoms with van der Waals surface area (Å²) in [7, 11) is 0. The summed E-state index contributed by atoms with van der Waals surface area (Å²) in [5.74, 6) is 0.267. The Bertz CT molecular complexity index is 539. The number of aromatic hydroxyl groups is 1. The smallest absolute Gasteiger partial charge is 0.183 e. The molecule has 1 aromatic carbocycles. The molecule has 0 aliphatic carbocycles. The van der Waals surface area contributed by atoms with E-state index in [2.05, 4.69) is 10.3 Å². The highest BCUT2D eigenvalue weighted by molar-refractivity contribution is 7.15. The summed E-state index contributed by atoms with van der Waals surface area (Å²) in [6.07, 6.45) is 1.73. The van der Waals surface area contributed by atoms with E-state index < -0.39 is 0 Å². The molecule has 2 rings (SSSR count). The number of rotatable bonds is 3. The molecule has 17 heavy (non-hydrogen) atoms. The van der Waals surface area contributed by atoms with Crippen LogP contribution in [-0.4, -0.2) is 10.1 Å². The molecule has 3 nitrogen and oxygen atoms in total. The van der Waals surface area contributed by atoms with Crippen molar-refractivity contribution in [1.29, 1.82) is 0 Å². The van der Waals surface area contributed by atoms with Crippen molar-refractivity contribution >= 4 is 28.6 Å². The van der Waals surface area contributed by atoms with E-state index in [0.717, 1.165) is 21.7 Å². The highest BCUT2D eigenvalue weighted by Gasteiger charge is 2.05. The number of anilines is 1. The summed E-state index contributed by atoms with van der Waals surface area (Å²) < 4.78 is 0.533. The molecule has 0 amide bonds. The Labute approximate surface area is 109 Å². The Morgan fingerprint density at radius 1 is 1.35 bits per heavy atom. The molecule has 0 atom stereocenters.